The molecule has 0 aliphatic rings. The van der Waals surface area contributed by atoms with Crippen molar-refractivity contribution in [3.63, 3.8) is 0 Å². The van der Waals surface area contributed by atoms with Gasteiger partial charge in [-0.15, -0.1) is 0 Å². The summed E-state index contributed by atoms with van der Waals surface area (Å²) in [6.45, 7) is 3.68. The Bertz CT molecular complexity index is 430. The van der Waals surface area contributed by atoms with Gasteiger partial charge in [0.05, 0.1) is 5.97 Å². The van der Waals surface area contributed by atoms with Crippen molar-refractivity contribution < 1.29 is 14.7 Å². The molecule has 0 aliphatic carbocycles. The summed E-state index contributed by atoms with van der Waals surface area (Å²) in [5, 5.41) is 10.1. The normalized spacial score (nSPS) is 10.5. The van der Waals surface area contributed by atoms with E-state index in [2.05, 4.69) is 0 Å². The van der Waals surface area contributed by atoms with Crippen LogP contribution in [0.5, 0.6) is 0 Å². The lowest BCUT2D eigenvalue weighted by molar-refractivity contribution is -0.297. The summed E-state index contributed by atoms with van der Waals surface area (Å²) in [6.07, 6.45) is 1.75. The van der Waals surface area contributed by atoms with Crippen LogP contribution in [-0.4, -0.2) is 11.8 Å². The molecule has 0 heterocycles. The predicted molar refractivity (Wildman–Crippen MR) is 54.4 cm³/mol. The first-order valence-corrected chi connectivity index (χ1v) is 4.51. The Morgan fingerprint density at radius 3 is 2.47 bits per heavy atom. The van der Waals surface area contributed by atoms with Crippen LogP contribution in [0.15, 0.2) is 30.4 Å². The number of hydrogen-bond donors (Lipinski definition) is 0. The quantitative estimate of drug-likeness (QED) is 0.539. The standard InChI is InChI=1S/C12H12O3/c1-8-3-4-9(2)10(7-8)11(13)5-6-12(14)15/h3-7H,1-2H3,(H,14,15)/p-1/b6-5+. The highest BCUT2D eigenvalue weighted by Gasteiger charge is 2.05. The molecule has 78 valence electrons. The van der Waals surface area contributed by atoms with Crippen LogP contribution < -0.4 is 5.11 Å². The Balaban J connectivity index is 3.01. The van der Waals surface area contributed by atoms with Crippen molar-refractivity contribution in [3.8, 4) is 0 Å². The smallest absolute Gasteiger partial charge is 0.186 e. The van der Waals surface area contributed by atoms with Crippen molar-refractivity contribution in [2.75, 3.05) is 0 Å². The van der Waals surface area contributed by atoms with Crippen LogP contribution in [0.1, 0.15) is 21.5 Å². The molecule has 0 bridgehead atoms. The van der Waals surface area contributed by atoms with E-state index in [1.807, 2.05) is 19.1 Å². The monoisotopic (exact) mass is 203 g/mol. The summed E-state index contributed by atoms with van der Waals surface area (Å²) in [5.41, 5.74) is 2.31. The van der Waals surface area contributed by atoms with Gasteiger partial charge in [-0.25, -0.2) is 0 Å². The van der Waals surface area contributed by atoms with Gasteiger partial charge in [0.1, 0.15) is 0 Å². The number of benzene rings is 1. The third kappa shape index (κ3) is 3.06. The number of rotatable bonds is 3. The molecule has 0 N–H and O–H groups in total. The molecule has 1 aromatic rings. The van der Waals surface area contributed by atoms with Crippen molar-refractivity contribution in [2.45, 2.75) is 13.8 Å². The molecule has 0 aromatic heterocycles. The number of hydrogen-bond acceptors (Lipinski definition) is 3. The molecule has 0 spiro atoms. The van der Waals surface area contributed by atoms with Gasteiger partial charge >= 0.3 is 0 Å². The second kappa shape index (κ2) is 4.55. The SMILES string of the molecule is Cc1ccc(C)c(C(=O)/C=C/C(=O)[O-])c1. The minimum absolute atomic E-state index is 0.319. The summed E-state index contributed by atoms with van der Waals surface area (Å²) in [4.78, 5) is 21.7. The van der Waals surface area contributed by atoms with E-state index in [0.29, 0.717) is 5.56 Å². The second-order valence-corrected chi connectivity index (χ2v) is 3.33. The number of carbonyl (C=O) groups excluding carboxylic acids is 2. The first-order chi connectivity index (χ1) is 7.00. The molecule has 0 amide bonds. The predicted octanol–water partition coefficient (Wildman–Crippen LogP) is 0.792. The maximum Gasteiger partial charge on any atom is 0.186 e. The van der Waals surface area contributed by atoms with E-state index in [4.69, 9.17) is 0 Å². The third-order valence-corrected chi connectivity index (χ3v) is 2.03. The number of carboxylic acid groups (broad SMARTS) is 1. The molecule has 0 saturated heterocycles. The van der Waals surface area contributed by atoms with Crippen LogP contribution in [0.4, 0.5) is 0 Å². The molecular weight excluding hydrogens is 192 g/mol. The van der Waals surface area contributed by atoms with E-state index in [1.165, 1.54) is 0 Å². The molecule has 0 unspecified atom stereocenters. The van der Waals surface area contributed by atoms with Crippen molar-refractivity contribution in [1.82, 2.24) is 0 Å². The maximum atomic E-state index is 11.5. The maximum absolute atomic E-state index is 11.5. The molecule has 0 atom stereocenters. The highest BCUT2D eigenvalue weighted by molar-refractivity contribution is 6.07. The second-order valence-electron chi connectivity index (χ2n) is 3.33. The van der Waals surface area contributed by atoms with Crippen molar-refractivity contribution in [3.05, 3.63) is 47.0 Å². The van der Waals surface area contributed by atoms with Crippen molar-refractivity contribution in [1.29, 1.82) is 0 Å². The van der Waals surface area contributed by atoms with Crippen molar-refractivity contribution >= 4 is 11.8 Å². The Hall–Kier alpha value is -1.90. The van der Waals surface area contributed by atoms with Gasteiger partial charge in [-0.3, -0.25) is 4.79 Å². The molecule has 0 aliphatic heterocycles. The first-order valence-electron chi connectivity index (χ1n) is 4.51. The Morgan fingerprint density at radius 2 is 1.87 bits per heavy atom. The van der Waals surface area contributed by atoms with Crippen LogP contribution >= 0.6 is 0 Å². The van der Waals surface area contributed by atoms with Gasteiger partial charge in [-0.2, -0.15) is 0 Å². The molecule has 1 aromatic carbocycles. The fourth-order valence-electron chi connectivity index (χ4n) is 1.23. The van der Waals surface area contributed by atoms with E-state index in [0.717, 1.165) is 23.3 Å². The van der Waals surface area contributed by atoms with Crippen LogP contribution in [0.2, 0.25) is 0 Å². The molecule has 0 fully saturated rings. The zero-order valence-corrected chi connectivity index (χ0v) is 8.61. The fourth-order valence-corrected chi connectivity index (χ4v) is 1.23. The largest absolute Gasteiger partial charge is 0.545 e. The van der Waals surface area contributed by atoms with E-state index in [-0.39, 0.29) is 5.78 Å². The number of carbonyl (C=O) groups is 2. The van der Waals surface area contributed by atoms with Gasteiger partial charge in [-0.1, -0.05) is 17.7 Å². The van der Waals surface area contributed by atoms with Crippen LogP contribution in [0, 0.1) is 13.8 Å². The number of aliphatic carboxylic acids is 1. The van der Waals surface area contributed by atoms with E-state index < -0.39 is 5.97 Å². The molecule has 0 radical (unpaired) electrons. The highest BCUT2D eigenvalue weighted by atomic mass is 16.4. The highest BCUT2D eigenvalue weighted by Crippen LogP contribution is 2.11. The van der Waals surface area contributed by atoms with Gasteiger partial charge in [0, 0.05) is 5.56 Å². The number of allylic oxidation sites excluding steroid dienone is 1. The first kappa shape index (κ1) is 11.2. The minimum atomic E-state index is -1.37. The van der Waals surface area contributed by atoms with Crippen LogP contribution in [0.3, 0.4) is 0 Å². The average Bonchev–Trinajstić information content (AvgIpc) is 2.18. The average molecular weight is 203 g/mol. The summed E-state index contributed by atoms with van der Waals surface area (Å²) in [5.74, 6) is -1.69. The summed E-state index contributed by atoms with van der Waals surface area (Å²) < 4.78 is 0. The molecule has 15 heavy (non-hydrogen) atoms. The van der Waals surface area contributed by atoms with Gasteiger partial charge < -0.3 is 9.90 Å². The van der Waals surface area contributed by atoms with E-state index >= 15 is 0 Å². The molecule has 1 rings (SSSR count). The lowest BCUT2D eigenvalue weighted by atomic mass is 10.0. The molecular formula is C12H11O3-. The van der Waals surface area contributed by atoms with Gasteiger partial charge in [-0.05, 0) is 37.6 Å². The molecule has 3 heteroatoms. The zero-order chi connectivity index (χ0) is 11.4. The summed E-state index contributed by atoms with van der Waals surface area (Å²) in [7, 11) is 0. The van der Waals surface area contributed by atoms with E-state index in [1.54, 1.807) is 13.0 Å². The van der Waals surface area contributed by atoms with E-state index in [9.17, 15) is 14.7 Å². The molecule has 3 nitrogen and oxygen atoms in total. The topological polar surface area (TPSA) is 57.2 Å². The Morgan fingerprint density at radius 1 is 1.20 bits per heavy atom. The number of carboxylic acids is 1. The van der Waals surface area contributed by atoms with Crippen LogP contribution in [0.25, 0.3) is 0 Å². The zero-order valence-electron chi connectivity index (χ0n) is 8.61. The minimum Gasteiger partial charge on any atom is -0.545 e. The van der Waals surface area contributed by atoms with Gasteiger partial charge in [0.15, 0.2) is 5.78 Å². The summed E-state index contributed by atoms with van der Waals surface area (Å²) >= 11 is 0. The number of aryl methyl sites for hydroxylation is 2. The van der Waals surface area contributed by atoms with Crippen molar-refractivity contribution in [2.24, 2.45) is 0 Å². The summed E-state index contributed by atoms with van der Waals surface area (Å²) in [6, 6.07) is 5.46. The van der Waals surface area contributed by atoms with Crippen LogP contribution in [-0.2, 0) is 4.79 Å². The number of ketones is 1. The Labute approximate surface area is 88.0 Å². The molecule has 0 saturated carbocycles. The lowest BCUT2D eigenvalue weighted by Gasteiger charge is -2.03. The fraction of sp³-hybridized carbons (Fsp3) is 0.167. The lowest BCUT2D eigenvalue weighted by Crippen LogP contribution is -2.19. The van der Waals surface area contributed by atoms with Gasteiger partial charge in [0.25, 0.3) is 0 Å². The third-order valence-electron chi connectivity index (χ3n) is 2.03. The van der Waals surface area contributed by atoms with Gasteiger partial charge in [0.2, 0.25) is 0 Å². The Kier molecular flexibility index (Phi) is 3.39.